The van der Waals surface area contributed by atoms with Crippen LogP contribution in [0.2, 0.25) is 0 Å². The quantitative estimate of drug-likeness (QED) is 0.801. The van der Waals surface area contributed by atoms with Gasteiger partial charge in [0.25, 0.3) is 0 Å². The normalized spacial score (nSPS) is 14.5. The van der Waals surface area contributed by atoms with Crippen molar-refractivity contribution in [3.8, 4) is 0 Å². The van der Waals surface area contributed by atoms with Gasteiger partial charge in [-0.15, -0.1) is 11.3 Å². The molecule has 122 valence electrons. The lowest BCUT2D eigenvalue weighted by Gasteiger charge is -2.29. The van der Waals surface area contributed by atoms with Crippen molar-refractivity contribution in [2.45, 2.75) is 52.2 Å². The van der Waals surface area contributed by atoms with Gasteiger partial charge in [0.2, 0.25) is 0 Å². The fourth-order valence-corrected chi connectivity index (χ4v) is 3.55. The third-order valence-corrected chi connectivity index (χ3v) is 4.61. The van der Waals surface area contributed by atoms with E-state index < -0.39 is 5.60 Å². The Bertz CT molecular complexity index is 559. The van der Waals surface area contributed by atoms with E-state index in [0.29, 0.717) is 25.9 Å². The Balaban J connectivity index is 1.97. The maximum atomic E-state index is 12.1. The summed E-state index contributed by atoms with van der Waals surface area (Å²) in [7, 11) is 1.40. The summed E-state index contributed by atoms with van der Waals surface area (Å²) in [5.41, 5.74) is 0.808. The molecule has 2 heterocycles. The van der Waals surface area contributed by atoms with Gasteiger partial charge < -0.3 is 14.4 Å². The molecule has 0 N–H and O–H groups in total. The molecule has 6 heteroatoms. The van der Waals surface area contributed by atoms with Crippen LogP contribution in [0, 0.1) is 0 Å². The van der Waals surface area contributed by atoms with Crippen LogP contribution in [-0.2, 0) is 33.7 Å². The molecule has 0 bridgehead atoms. The molecule has 1 aliphatic heterocycles. The summed E-state index contributed by atoms with van der Waals surface area (Å²) < 4.78 is 10.1. The monoisotopic (exact) mass is 325 g/mol. The van der Waals surface area contributed by atoms with E-state index in [0.717, 1.165) is 6.42 Å². The first-order chi connectivity index (χ1) is 10.3. The van der Waals surface area contributed by atoms with Gasteiger partial charge in [0.15, 0.2) is 0 Å². The van der Waals surface area contributed by atoms with Crippen molar-refractivity contribution in [1.29, 1.82) is 0 Å². The second-order valence-electron chi connectivity index (χ2n) is 6.39. The fraction of sp³-hybridized carbons (Fsp3) is 0.625. The average molecular weight is 325 g/mol. The van der Waals surface area contributed by atoms with Crippen LogP contribution < -0.4 is 0 Å². The summed E-state index contributed by atoms with van der Waals surface area (Å²) in [5.74, 6) is -0.193. The number of aryl methyl sites for hydroxylation is 1. The predicted octanol–water partition coefficient (Wildman–Crippen LogP) is 3.15. The molecule has 0 saturated carbocycles. The highest BCUT2D eigenvalue weighted by atomic mass is 32.1. The Kier molecular flexibility index (Phi) is 5.11. The highest BCUT2D eigenvalue weighted by Crippen LogP contribution is 2.29. The van der Waals surface area contributed by atoms with E-state index in [9.17, 15) is 9.59 Å². The number of amides is 1. The SMILES string of the molecule is COC(=O)CCc1cc2c(s1)CN(C(=O)OC(C)(C)C)CC2. The number of thiophene rings is 1. The summed E-state index contributed by atoms with van der Waals surface area (Å²) in [6, 6.07) is 2.15. The number of carbonyl (C=O) groups is 2. The van der Waals surface area contributed by atoms with Gasteiger partial charge in [-0.1, -0.05) is 0 Å². The van der Waals surface area contributed by atoms with Crippen molar-refractivity contribution in [2.24, 2.45) is 0 Å². The Morgan fingerprint density at radius 1 is 1.36 bits per heavy atom. The summed E-state index contributed by atoms with van der Waals surface area (Å²) in [6.07, 6.45) is 1.66. The van der Waals surface area contributed by atoms with Crippen molar-refractivity contribution in [3.63, 3.8) is 0 Å². The van der Waals surface area contributed by atoms with Crippen molar-refractivity contribution in [3.05, 3.63) is 21.4 Å². The van der Waals surface area contributed by atoms with E-state index in [-0.39, 0.29) is 12.1 Å². The highest BCUT2D eigenvalue weighted by Gasteiger charge is 2.27. The second kappa shape index (κ2) is 6.69. The van der Waals surface area contributed by atoms with E-state index in [4.69, 9.17) is 4.74 Å². The molecule has 22 heavy (non-hydrogen) atoms. The van der Waals surface area contributed by atoms with Crippen molar-refractivity contribution < 1.29 is 19.1 Å². The Morgan fingerprint density at radius 2 is 2.09 bits per heavy atom. The number of esters is 1. The van der Waals surface area contributed by atoms with E-state index in [1.807, 2.05) is 20.8 Å². The first-order valence-corrected chi connectivity index (χ1v) is 8.25. The summed E-state index contributed by atoms with van der Waals surface area (Å²) >= 11 is 1.67. The van der Waals surface area contributed by atoms with Crippen LogP contribution >= 0.6 is 11.3 Å². The Morgan fingerprint density at radius 3 is 2.73 bits per heavy atom. The molecule has 1 amide bonds. The number of nitrogens with zero attached hydrogens (tertiary/aromatic N) is 1. The zero-order chi connectivity index (χ0) is 16.3. The largest absolute Gasteiger partial charge is 0.469 e. The van der Waals surface area contributed by atoms with Crippen molar-refractivity contribution in [1.82, 2.24) is 4.90 Å². The first-order valence-electron chi connectivity index (χ1n) is 7.43. The minimum absolute atomic E-state index is 0.193. The van der Waals surface area contributed by atoms with Crippen molar-refractivity contribution >= 4 is 23.4 Å². The molecule has 0 aromatic carbocycles. The molecular weight excluding hydrogens is 302 g/mol. The number of hydrogen-bond acceptors (Lipinski definition) is 5. The van der Waals surface area contributed by atoms with Crippen LogP contribution in [0.1, 0.15) is 42.5 Å². The van der Waals surface area contributed by atoms with Crippen LogP contribution in [0.25, 0.3) is 0 Å². The molecular formula is C16H23NO4S. The minimum Gasteiger partial charge on any atom is -0.469 e. The van der Waals surface area contributed by atoms with Gasteiger partial charge in [-0.05, 0) is 45.2 Å². The molecule has 0 radical (unpaired) electrons. The topological polar surface area (TPSA) is 55.8 Å². The van der Waals surface area contributed by atoms with Gasteiger partial charge in [0, 0.05) is 16.3 Å². The fourth-order valence-electron chi connectivity index (χ4n) is 2.31. The standard InChI is InChI=1S/C16H23NO4S/c1-16(2,3)21-15(19)17-8-7-11-9-12(22-13(11)10-17)5-6-14(18)20-4/h9H,5-8,10H2,1-4H3. The zero-order valence-corrected chi connectivity index (χ0v) is 14.4. The van der Waals surface area contributed by atoms with Crippen LogP contribution in [-0.4, -0.2) is 36.2 Å². The lowest BCUT2D eigenvalue weighted by atomic mass is 10.1. The lowest BCUT2D eigenvalue weighted by Crippen LogP contribution is -2.39. The molecule has 1 aromatic heterocycles. The molecule has 0 aliphatic carbocycles. The van der Waals surface area contributed by atoms with Gasteiger partial charge in [-0.25, -0.2) is 4.79 Å². The number of rotatable bonds is 3. The van der Waals surface area contributed by atoms with Gasteiger partial charge >= 0.3 is 12.1 Å². The Labute approximate surface area is 135 Å². The van der Waals surface area contributed by atoms with Crippen LogP contribution in [0.3, 0.4) is 0 Å². The van der Waals surface area contributed by atoms with Gasteiger partial charge in [0.05, 0.1) is 20.1 Å². The minimum atomic E-state index is -0.474. The smallest absolute Gasteiger partial charge is 0.410 e. The van der Waals surface area contributed by atoms with E-state index in [1.54, 1.807) is 16.2 Å². The van der Waals surface area contributed by atoms with Gasteiger partial charge in [-0.2, -0.15) is 0 Å². The Hall–Kier alpha value is -1.56. The summed E-state index contributed by atoms with van der Waals surface area (Å²) in [5, 5.41) is 0. The number of ether oxygens (including phenoxy) is 2. The van der Waals surface area contributed by atoms with Crippen molar-refractivity contribution in [2.75, 3.05) is 13.7 Å². The number of hydrogen-bond donors (Lipinski definition) is 0. The maximum absolute atomic E-state index is 12.1. The first kappa shape index (κ1) is 16.8. The lowest BCUT2D eigenvalue weighted by molar-refractivity contribution is -0.140. The third kappa shape index (κ3) is 4.47. The van der Waals surface area contributed by atoms with E-state index >= 15 is 0 Å². The van der Waals surface area contributed by atoms with Crippen LogP contribution in [0.5, 0.6) is 0 Å². The molecule has 0 saturated heterocycles. The number of carbonyl (C=O) groups excluding carboxylic acids is 2. The molecule has 1 aromatic rings. The zero-order valence-electron chi connectivity index (χ0n) is 13.6. The molecule has 0 spiro atoms. The molecule has 0 fully saturated rings. The molecule has 5 nitrogen and oxygen atoms in total. The molecule has 2 rings (SSSR count). The average Bonchev–Trinajstić information content (AvgIpc) is 2.84. The second-order valence-corrected chi connectivity index (χ2v) is 7.61. The molecule has 1 aliphatic rings. The highest BCUT2D eigenvalue weighted by molar-refractivity contribution is 7.12. The maximum Gasteiger partial charge on any atom is 0.410 e. The summed E-state index contributed by atoms with van der Waals surface area (Å²) in [6.45, 7) is 6.88. The van der Waals surface area contributed by atoms with Crippen LogP contribution in [0.15, 0.2) is 6.07 Å². The third-order valence-electron chi connectivity index (χ3n) is 3.39. The van der Waals surface area contributed by atoms with E-state index in [1.165, 1.54) is 22.4 Å². The van der Waals surface area contributed by atoms with E-state index in [2.05, 4.69) is 10.8 Å². The van der Waals surface area contributed by atoms with Gasteiger partial charge in [0.1, 0.15) is 5.60 Å². The number of methoxy groups -OCH3 is 1. The van der Waals surface area contributed by atoms with Crippen LogP contribution in [0.4, 0.5) is 4.79 Å². The van der Waals surface area contributed by atoms with Gasteiger partial charge in [-0.3, -0.25) is 4.79 Å². The molecule has 0 atom stereocenters. The number of fused-ring (bicyclic) bond motifs is 1. The summed E-state index contributed by atoms with van der Waals surface area (Å²) in [4.78, 5) is 27.5. The predicted molar refractivity (Wildman–Crippen MR) is 85.0 cm³/mol. The molecule has 0 unspecified atom stereocenters.